The van der Waals surface area contributed by atoms with Crippen LogP contribution in [0.1, 0.15) is 40.7 Å². The van der Waals surface area contributed by atoms with E-state index in [-0.39, 0.29) is 24.3 Å². The molecule has 0 aliphatic carbocycles. The second kappa shape index (κ2) is 8.48. The van der Waals surface area contributed by atoms with Gasteiger partial charge in [-0.2, -0.15) is 0 Å². The Kier molecular flexibility index (Phi) is 5.52. The number of hydrogen-bond acceptors (Lipinski definition) is 7. The minimum Gasteiger partial charge on any atom is -0.347 e. The molecule has 0 bridgehead atoms. The molecule has 4 heterocycles. The number of fused-ring (bicyclic) bond motifs is 1. The molecular weight excluding hydrogens is 432 g/mol. The SMILES string of the molecule is O=C1CCC(N2Cc3cccc(CN(c4cncc(Cl)n4)C4CCNC4)c3C2=O)C(=O)N1. The normalized spacial score (nSPS) is 22.8. The number of piperidine rings is 1. The van der Waals surface area contributed by atoms with Gasteiger partial charge in [0.15, 0.2) is 0 Å². The van der Waals surface area contributed by atoms with E-state index >= 15 is 0 Å². The first kappa shape index (κ1) is 20.8. The highest BCUT2D eigenvalue weighted by Crippen LogP contribution is 2.32. The summed E-state index contributed by atoms with van der Waals surface area (Å²) in [5.41, 5.74) is 2.39. The molecule has 3 aliphatic heterocycles. The summed E-state index contributed by atoms with van der Waals surface area (Å²) in [7, 11) is 0. The van der Waals surface area contributed by atoms with E-state index in [1.165, 1.54) is 6.20 Å². The number of hydrogen-bond donors (Lipinski definition) is 2. The molecular formula is C22H23ClN6O3. The maximum atomic E-state index is 13.4. The molecule has 2 N–H and O–H groups in total. The summed E-state index contributed by atoms with van der Waals surface area (Å²) in [6, 6.07) is 5.36. The summed E-state index contributed by atoms with van der Waals surface area (Å²) < 4.78 is 0. The van der Waals surface area contributed by atoms with Crippen LogP contribution in [0, 0.1) is 0 Å². The number of rotatable bonds is 5. The standard InChI is InChI=1S/C22H23ClN6O3/c23-17-9-25-10-18(26-17)28(15-6-7-24-8-15)11-13-2-1-3-14-12-29(22(32)20(13)14)16-4-5-19(30)27-21(16)31/h1-3,9-10,15-16,24H,4-8,11-12H2,(H,27,30,31). The average molecular weight is 455 g/mol. The topological polar surface area (TPSA) is 108 Å². The molecule has 0 spiro atoms. The molecule has 2 fully saturated rings. The van der Waals surface area contributed by atoms with Crippen LogP contribution in [0.25, 0.3) is 0 Å². The van der Waals surface area contributed by atoms with E-state index in [0.717, 1.165) is 30.6 Å². The van der Waals surface area contributed by atoms with Crippen molar-refractivity contribution in [3.63, 3.8) is 0 Å². The van der Waals surface area contributed by atoms with Crippen molar-refractivity contribution in [2.45, 2.75) is 44.4 Å². The van der Waals surface area contributed by atoms with Crippen molar-refractivity contribution in [1.29, 1.82) is 0 Å². The third-order valence-corrected chi connectivity index (χ3v) is 6.52. The molecule has 3 amide bonds. The third-order valence-electron chi connectivity index (χ3n) is 6.34. The van der Waals surface area contributed by atoms with E-state index < -0.39 is 11.9 Å². The molecule has 9 nitrogen and oxygen atoms in total. The number of anilines is 1. The predicted molar refractivity (Wildman–Crippen MR) is 117 cm³/mol. The van der Waals surface area contributed by atoms with E-state index in [4.69, 9.17) is 11.6 Å². The van der Waals surface area contributed by atoms with Gasteiger partial charge >= 0.3 is 0 Å². The highest BCUT2D eigenvalue weighted by molar-refractivity contribution is 6.29. The molecule has 1 aromatic heterocycles. The quantitative estimate of drug-likeness (QED) is 0.655. The summed E-state index contributed by atoms with van der Waals surface area (Å²) >= 11 is 6.11. The summed E-state index contributed by atoms with van der Waals surface area (Å²) in [6.45, 7) is 2.54. The Morgan fingerprint density at radius 1 is 1.19 bits per heavy atom. The fourth-order valence-electron chi connectivity index (χ4n) is 4.78. The van der Waals surface area contributed by atoms with Crippen LogP contribution in [0.5, 0.6) is 0 Å². The summed E-state index contributed by atoms with van der Waals surface area (Å²) in [5, 5.41) is 6.04. The number of nitrogens with zero attached hydrogens (tertiary/aromatic N) is 4. The lowest BCUT2D eigenvalue weighted by molar-refractivity contribution is -0.136. The summed E-state index contributed by atoms with van der Waals surface area (Å²) in [5.74, 6) is -0.209. The van der Waals surface area contributed by atoms with Gasteiger partial charge in [0.2, 0.25) is 11.8 Å². The van der Waals surface area contributed by atoms with Crippen LogP contribution in [0.3, 0.4) is 0 Å². The fraction of sp³-hybridized carbons (Fsp3) is 0.409. The van der Waals surface area contributed by atoms with Crippen LogP contribution in [-0.2, 0) is 22.7 Å². The van der Waals surface area contributed by atoms with E-state index in [2.05, 4.69) is 25.5 Å². The number of aromatic nitrogens is 2. The van der Waals surface area contributed by atoms with Crippen molar-refractivity contribution < 1.29 is 14.4 Å². The van der Waals surface area contributed by atoms with Crippen molar-refractivity contribution in [1.82, 2.24) is 25.5 Å². The first-order valence-electron chi connectivity index (χ1n) is 10.7. The van der Waals surface area contributed by atoms with Gasteiger partial charge in [-0.05, 0) is 30.5 Å². The number of nitrogens with one attached hydrogen (secondary N) is 2. The molecule has 10 heteroatoms. The molecule has 32 heavy (non-hydrogen) atoms. The third kappa shape index (κ3) is 3.82. The van der Waals surface area contributed by atoms with Crippen LogP contribution >= 0.6 is 11.6 Å². The molecule has 2 saturated heterocycles. The Labute approximate surface area is 190 Å². The predicted octanol–water partition coefficient (Wildman–Crippen LogP) is 1.26. The maximum Gasteiger partial charge on any atom is 0.255 e. The second-order valence-corrected chi connectivity index (χ2v) is 8.71. The van der Waals surface area contributed by atoms with Gasteiger partial charge in [0.25, 0.3) is 5.91 Å². The molecule has 5 rings (SSSR count). The number of carbonyl (C=O) groups excluding carboxylic acids is 3. The van der Waals surface area contributed by atoms with Crippen molar-refractivity contribution in [2.24, 2.45) is 0 Å². The Bertz CT molecular complexity index is 1090. The van der Waals surface area contributed by atoms with Crippen molar-refractivity contribution in [3.05, 3.63) is 52.4 Å². The molecule has 2 aromatic rings. The zero-order valence-corrected chi connectivity index (χ0v) is 18.1. The number of imide groups is 1. The van der Waals surface area contributed by atoms with Crippen molar-refractivity contribution in [3.8, 4) is 0 Å². The molecule has 0 saturated carbocycles. The lowest BCUT2D eigenvalue weighted by Gasteiger charge is -2.30. The van der Waals surface area contributed by atoms with Gasteiger partial charge in [0.05, 0.1) is 12.4 Å². The molecule has 0 radical (unpaired) electrons. The minimum atomic E-state index is -0.630. The van der Waals surface area contributed by atoms with E-state index in [0.29, 0.717) is 36.0 Å². The van der Waals surface area contributed by atoms with Crippen LogP contribution in [0.2, 0.25) is 5.15 Å². The average Bonchev–Trinajstić information content (AvgIpc) is 3.41. The van der Waals surface area contributed by atoms with Gasteiger partial charge in [-0.15, -0.1) is 0 Å². The molecule has 2 atom stereocenters. The molecule has 166 valence electrons. The summed E-state index contributed by atoms with van der Waals surface area (Å²) in [6.07, 6.45) is 4.71. The lowest BCUT2D eigenvalue weighted by Crippen LogP contribution is -2.52. The highest BCUT2D eigenvalue weighted by Gasteiger charge is 2.40. The minimum absolute atomic E-state index is 0.174. The van der Waals surface area contributed by atoms with E-state index in [1.54, 1.807) is 11.1 Å². The van der Waals surface area contributed by atoms with Gasteiger partial charge in [-0.3, -0.25) is 24.7 Å². The van der Waals surface area contributed by atoms with E-state index in [1.807, 2.05) is 18.2 Å². The number of halogens is 1. The molecule has 3 aliphatic rings. The lowest BCUT2D eigenvalue weighted by atomic mass is 10.0. The van der Waals surface area contributed by atoms with Gasteiger partial charge in [-0.1, -0.05) is 29.8 Å². The van der Waals surface area contributed by atoms with Crippen molar-refractivity contribution >= 4 is 35.1 Å². The second-order valence-electron chi connectivity index (χ2n) is 8.33. The maximum absolute atomic E-state index is 13.4. The Morgan fingerprint density at radius 3 is 2.81 bits per heavy atom. The molecule has 2 unspecified atom stereocenters. The first-order valence-corrected chi connectivity index (χ1v) is 11.1. The fourth-order valence-corrected chi connectivity index (χ4v) is 4.92. The molecule has 1 aromatic carbocycles. The van der Waals surface area contributed by atoms with Gasteiger partial charge in [-0.25, -0.2) is 4.98 Å². The Hall–Kier alpha value is -3.04. The Balaban J connectivity index is 1.45. The zero-order valence-electron chi connectivity index (χ0n) is 17.4. The Morgan fingerprint density at radius 2 is 2.06 bits per heavy atom. The summed E-state index contributed by atoms with van der Waals surface area (Å²) in [4.78, 5) is 49.7. The largest absolute Gasteiger partial charge is 0.347 e. The number of carbonyl (C=O) groups is 3. The van der Waals surface area contributed by atoms with Gasteiger partial charge < -0.3 is 15.1 Å². The first-order chi connectivity index (χ1) is 15.5. The van der Waals surface area contributed by atoms with Crippen LogP contribution in [0.4, 0.5) is 5.82 Å². The number of amides is 3. The number of benzene rings is 1. The van der Waals surface area contributed by atoms with Crippen LogP contribution < -0.4 is 15.5 Å². The van der Waals surface area contributed by atoms with Crippen LogP contribution in [-0.4, -0.2) is 57.8 Å². The van der Waals surface area contributed by atoms with Gasteiger partial charge in [0.1, 0.15) is 17.0 Å². The highest BCUT2D eigenvalue weighted by atomic mass is 35.5. The smallest absolute Gasteiger partial charge is 0.255 e. The zero-order chi connectivity index (χ0) is 22.2. The van der Waals surface area contributed by atoms with Crippen LogP contribution in [0.15, 0.2) is 30.6 Å². The van der Waals surface area contributed by atoms with Gasteiger partial charge in [0, 0.05) is 37.7 Å². The van der Waals surface area contributed by atoms with Crippen molar-refractivity contribution in [2.75, 3.05) is 18.0 Å². The monoisotopic (exact) mass is 454 g/mol. The van der Waals surface area contributed by atoms with E-state index in [9.17, 15) is 14.4 Å².